The number of hydrogen-bond donors (Lipinski definition) is 1. The average Bonchev–Trinajstić information content (AvgIpc) is 2.52. The summed E-state index contributed by atoms with van der Waals surface area (Å²) >= 11 is 0. The number of ether oxygens (including phenoxy) is 1. The van der Waals surface area contributed by atoms with Crippen molar-refractivity contribution in [1.29, 1.82) is 0 Å². The van der Waals surface area contributed by atoms with Crippen LogP contribution in [0.5, 0.6) is 5.75 Å². The number of nitrogens with one attached hydrogen (secondary N) is 1. The fraction of sp³-hybridized carbons (Fsp3) is 0.333. The van der Waals surface area contributed by atoms with Crippen LogP contribution in [0.1, 0.15) is 31.0 Å². The second kappa shape index (κ2) is 7.81. The van der Waals surface area contributed by atoms with Crippen molar-refractivity contribution < 1.29 is 9.57 Å². The maximum Gasteiger partial charge on any atom is 0.123 e. The zero-order valence-corrected chi connectivity index (χ0v) is 12.9. The lowest BCUT2D eigenvalue weighted by Gasteiger charge is -2.24. The highest BCUT2D eigenvalue weighted by Gasteiger charge is 2.19. The lowest BCUT2D eigenvalue weighted by atomic mass is 9.96. The highest BCUT2D eigenvalue weighted by molar-refractivity contribution is 5.36. The molecule has 1 N–H and O–H groups in total. The second-order valence-corrected chi connectivity index (χ2v) is 5.36. The van der Waals surface area contributed by atoms with Crippen molar-refractivity contribution in [1.82, 2.24) is 5.48 Å². The Balaban J connectivity index is 2.02. The van der Waals surface area contributed by atoms with Gasteiger partial charge in [-0.3, -0.25) is 4.84 Å². The Kier molecular flexibility index (Phi) is 5.78. The summed E-state index contributed by atoms with van der Waals surface area (Å²) in [6, 6.07) is 18.3. The first-order chi connectivity index (χ1) is 10.2. The third-order valence-electron chi connectivity index (χ3n) is 3.43. The summed E-state index contributed by atoms with van der Waals surface area (Å²) in [7, 11) is 1.70. The molecule has 0 aliphatic rings. The molecule has 0 amide bonds. The molecule has 2 aromatic carbocycles. The van der Waals surface area contributed by atoms with Crippen molar-refractivity contribution in [2.75, 3.05) is 7.11 Å². The molecule has 112 valence electrons. The fourth-order valence-corrected chi connectivity index (χ4v) is 2.27. The van der Waals surface area contributed by atoms with Crippen molar-refractivity contribution in [2.24, 2.45) is 5.92 Å². The molecule has 1 atom stereocenters. The van der Waals surface area contributed by atoms with Crippen LogP contribution in [0.4, 0.5) is 0 Å². The quantitative estimate of drug-likeness (QED) is 0.776. The number of methoxy groups -OCH3 is 1. The number of hydrogen-bond acceptors (Lipinski definition) is 3. The van der Waals surface area contributed by atoms with E-state index in [1.54, 1.807) is 7.11 Å². The number of benzene rings is 2. The summed E-state index contributed by atoms with van der Waals surface area (Å²) in [5.41, 5.74) is 5.44. The minimum Gasteiger partial charge on any atom is -0.496 e. The van der Waals surface area contributed by atoms with Gasteiger partial charge in [-0.2, -0.15) is 5.48 Å². The van der Waals surface area contributed by atoms with Gasteiger partial charge in [-0.15, -0.1) is 0 Å². The van der Waals surface area contributed by atoms with Gasteiger partial charge in [0.15, 0.2) is 0 Å². The Hall–Kier alpha value is -1.84. The number of hydroxylamine groups is 1. The molecule has 21 heavy (non-hydrogen) atoms. The highest BCUT2D eigenvalue weighted by atomic mass is 16.6. The van der Waals surface area contributed by atoms with Crippen LogP contribution in [0.3, 0.4) is 0 Å². The normalized spacial score (nSPS) is 12.4. The van der Waals surface area contributed by atoms with E-state index in [4.69, 9.17) is 9.57 Å². The Bertz CT molecular complexity index is 540. The molecule has 0 saturated heterocycles. The van der Waals surface area contributed by atoms with E-state index in [9.17, 15) is 0 Å². The smallest absolute Gasteiger partial charge is 0.123 e. The number of rotatable bonds is 7. The summed E-state index contributed by atoms with van der Waals surface area (Å²) < 4.78 is 5.45. The molecule has 2 aromatic rings. The molecule has 0 bridgehead atoms. The van der Waals surface area contributed by atoms with Crippen LogP contribution in [0.15, 0.2) is 54.6 Å². The standard InChI is InChI=1S/C18H23NO2/c1-14(2)18(16-11-7-8-12-17(16)20-3)19-21-13-15-9-5-4-6-10-15/h4-12,14,18-19H,13H2,1-3H3. The summed E-state index contributed by atoms with van der Waals surface area (Å²) in [6.07, 6.45) is 0. The van der Waals surface area contributed by atoms with E-state index in [0.717, 1.165) is 16.9 Å². The van der Waals surface area contributed by atoms with Gasteiger partial charge >= 0.3 is 0 Å². The van der Waals surface area contributed by atoms with Gasteiger partial charge in [0.1, 0.15) is 5.75 Å². The van der Waals surface area contributed by atoms with Gasteiger partial charge in [-0.25, -0.2) is 0 Å². The summed E-state index contributed by atoms with van der Waals surface area (Å²) in [6.45, 7) is 4.87. The second-order valence-electron chi connectivity index (χ2n) is 5.36. The van der Waals surface area contributed by atoms with Crippen LogP contribution in [0, 0.1) is 5.92 Å². The molecule has 0 aromatic heterocycles. The molecule has 0 heterocycles. The van der Waals surface area contributed by atoms with Crippen LogP contribution in [-0.4, -0.2) is 7.11 Å². The molecular formula is C18H23NO2. The molecule has 3 heteroatoms. The Morgan fingerprint density at radius 3 is 2.29 bits per heavy atom. The minimum atomic E-state index is 0.0878. The Morgan fingerprint density at radius 1 is 0.952 bits per heavy atom. The molecule has 3 nitrogen and oxygen atoms in total. The molecule has 1 unspecified atom stereocenters. The minimum absolute atomic E-state index is 0.0878. The van der Waals surface area contributed by atoms with E-state index in [1.807, 2.05) is 36.4 Å². The predicted octanol–water partition coefficient (Wildman–Crippen LogP) is 4.11. The summed E-state index contributed by atoms with van der Waals surface area (Å²) in [4.78, 5) is 5.69. The molecule has 2 rings (SSSR count). The van der Waals surface area contributed by atoms with Crippen molar-refractivity contribution in [3.05, 3.63) is 65.7 Å². The largest absolute Gasteiger partial charge is 0.496 e. The van der Waals surface area contributed by atoms with Crippen LogP contribution in [-0.2, 0) is 11.4 Å². The van der Waals surface area contributed by atoms with Gasteiger partial charge in [0, 0.05) is 5.56 Å². The zero-order chi connectivity index (χ0) is 15.1. The van der Waals surface area contributed by atoms with E-state index in [2.05, 4.69) is 37.5 Å². The average molecular weight is 285 g/mol. The van der Waals surface area contributed by atoms with E-state index >= 15 is 0 Å². The lowest BCUT2D eigenvalue weighted by Crippen LogP contribution is -2.26. The highest BCUT2D eigenvalue weighted by Crippen LogP contribution is 2.29. The van der Waals surface area contributed by atoms with E-state index in [-0.39, 0.29) is 6.04 Å². The Morgan fingerprint density at radius 2 is 1.62 bits per heavy atom. The van der Waals surface area contributed by atoms with E-state index in [0.29, 0.717) is 12.5 Å². The topological polar surface area (TPSA) is 30.5 Å². The first-order valence-electron chi connectivity index (χ1n) is 7.26. The van der Waals surface area contributed by atoms with Crippen LogP contribution < -0.4 is 10.2 Å². The molecule has 0 spiro atoms. The summed E-state index contributed by atoms with van der Waals surface area (Å²) in [5.74, 6) is 1.27. The number of para-hydroxylation sites is 1. The van der Waals surface area contributed by atoms with E-state index in [1.165, 1.54) is 0 Å². The van der Waals surface area contributed by atoms with Crippen molar-refractivity contribution in [3.8, 4) is 5.75 Å². The van der Waals surface area contributed by atoms with Crippen molar-refractivity contribution in [3.63, 3.8) is 0 Å². The molecule has 0 fully saturated rings. The van der Waals surface area contributed by atoms with Gasteiger partial charge in [0.2, 0.25) is 0 Å². The fourth-order valence-electron chi connectivity index (χ4n) is 2.27. The molecule has 0 aliphatic carbocycles. The van der Waals surface area contributed by atoms with Crippen molar-refractivity contribution >= 4 is 0 Å². The summed E-state index contributed by atoms with van der Waals surface area (Å²) in [5, 5.41) is 0. The maximum atomic E-state index is 5.69. The first-order valence-corrected chi connectivity index (χ1v) is 7.26. The van der Waals surface area contributed by atoms with Crippen LogP contribution in [0.2, 0.25) is 0 Å². The molecule has 0 radical (unpaired) electrons. The van der Waals surface area contributed by atoms with Gasteiger partial charge in [0.25, 0.3) is 0 Å². The van der Waals surface area contributed by atoms with Gasteiger partial charge in [-0.05, 0) is 17.5 Å². The van der Waals surface area contributed by atoms with E-state index < -0.39 is 0 Å². The molecule has 0 aliphatic heterocycles. The van der Waals surface area contributed by atoms with Gasteiger partial charge in [-0.1, -0.05) is 62.4 Å². The van der Waals surface area contributed by atoms with Gasteiger partial charge < -0.3 is 4.74 Å². The third kappa shape index (κ3) is 4.31. The molecular weight excluding hydrogens is 262 g/mol. The first kappa shape index (κ1) is 15.5. The lowest BCUT2D eigenvalue weighted by molar-refractivity contribution is -0.00830. The predicted molar refractivity (Wildman–Crippen MR) is 84.9 cm³/mol. The van der Waals surface area contributed by atoms with Crippen LogP contribution in [0.25, 0.3) is 0 Å². The van der Waals surface area contributed by atoms with Crippen molar-refractivity contribution in [2.45, 2.75) is 26.5 Å². The monoisotopic (exact) mass is 285 g/mol. The zero-order valence-electron chi connectivity index (χ0n) is 12.9. The molecule has 0 saturated carbocycles. The van der Waals surface area contributed by atoms with Crippen LogP contribution >= 0.6 is 0 Å². The SMILES string of the molecule is COc1ccccc1C(NOCc1ccccc1)C(C)C. The van der Waals surface area contributed by atoms with Gasteiger partial charge in [0.05, 0.1) is 19.8 Å². The third-order valence-corrected chi connectivity index (χ3v) is 3.43. The Labute approximate surface area is 126 Å². The maximum absolute atomic E-state index is 5.69.